The lowest BCUT2D eigenvalue weighted by molar-refractivity contribution is -0.140. The Balaban J connectivity index is 1.87. The van der Waals surface area contributed by atoms with E-state index >= 15 is 0 Å². The van der Waals surface area contributed by atoms with Gasteiger partial charge in [0.05, 0.1) is 12.3 Å². The first-order chi connectivity index (χ1) is 17.0. The van der Waals surface area contributed by atoms with E-state index in [1.54, 1.807) is 24.3 Å². The summed E-state index contributed by atoms with van der Waals surface area (Å²) < 4.78 is 43.1. The molecule has 0 bridgehead atoms. The van der Waals surface area contributed by atoms with Crippen molar-refractivity contribution < 1.29 is 13.2 Å². The van der Waals surface area contributed by atoms with Gasteiger partial charge in [-0.2, -0.15) is 13.2 Å². The van der Waals surface area contributed by atoms with Crippen LogP contribution < -0.4 is 0 Å². The van der Waals surface area contributed by atoms with Crippen LogP contribution in [0.2, 0.25) is 0 Å². The third-order valence-corrected chi connectivity index (χ3v) is 5.68. The van der Waals surface area contributed by atoms with Crippen LogP contribution in [0.25, 0.3) is 44.2 Å². The maximum Gasteiger partial charge on any atom is 0.434 e. The number of imidazole rings is 1. The number of rotatable bonds is 4. The average Bonchev–Trinajstić information content (AvgIpc) is 3.35. The van der Waals surface area contributed by atoms with Crippen LogP contribution in [0.5, 0.6) is 0 Å². The summed E-state index contributed by atoms with van der Waals surface area (Å²) >= 11 is 0. The Morgan fingerprint density at radius 3 is 1.77 bits per heavy atom. The maximum atomic E-state index is 13.9. The minimum absolute atomic E-state index is 0.114. The number of nitrogens with zero attached hydrogens (tertiary/aromatic N) is 3. The molecule has 0 spiro atoms. The standard InChI is InChI=1S/C29H18F3N3/c1-33-23-15-8-14-22(18-23)28-34-26(29(30,31)32)19-35(28)27-24(20-10-4-2-5-11-20)16-9-17-25(27)21-12-6-3-7-13-21/h2-19H. The molecule has 4 aromatic carbocycles. The summed E-state index contributed by atoms with van der Waals surface area (Å²) in [4.78, 5) is 7.44. The van der Waals surface area contributed by atoms with Gasteiger partial charge in [-0.15, -0.1) is 0 Å². The van der Waals surface area contributed by atoms with Crippen molar-refractivity contribution in [3.8, 4) is 39.3 Å². The number of hydrogen-bond acceptors (Lipinski definition) is 1. The number of hydrogen-bond donors (Lipinski definition) is 0. The molecule has 0 radical (unpaired) electrons. The first-order valence-corrected chi connectivity index (χ1v) is 10.8. The van der Waals surface area contributed by atoms with Gasteiger partial charge in [-0.25, -0.2) is 9.83 Å². The van der Waals surface area contributed by atoms with E-state index in [0.29, 0.717) is 16.9 Å². The van der Waals surface area contributed by atoms with E-state index in [1.165, 1.54) is 4.57 Å². The zero-order chi connectivity index (χ0) is 24.4. The van der Waals surface area contributed by atoms with Crippen molar-refractivity contribution >= 4 is 5.69 Å². The summed E-state index contributed by atoms with van der Waals surface area (Å²) in [5.41, 5.74) is 3.59. The zero-order valence-electron chi connectivity index (χ0n) is 18.4. The van der Waals surface area contributed by atoms with Gasteiger partial charge >= 0.3 is 6.18 Å². The van der Waals surface area contributed by atoms with Crippen molar-refractivity contribution in [2.45, 2.75) is 6.18 Å². The third-order valence-electron chi connectivity index (χ3n) is 5.68. The first kappa shape index (κ1) is 22.2. The second-order valence-electron chi connectivity index (χ2n) is 7.91. The van der Waals surface area contributed by atoms with E-state index in [-0.39, 0.29) is 5.82 Å². The van der Waals surface area contributed by atoms with Crippen LogP contribution in [-0.4, -0.2) is 9.55 Å². The highest BCUT2D eigenvalue weighted by molar-refractivity contribution is 5.86. The van der Waals surface area contributed by atoms with Gasteiger partial charge in [-0.05, 0) is 17.2 Å². The Bertz CT molecular complexity index is 1470. The second-order valence-corrected chi connectivity index (χ2v) is 7.91. The lowest BCUT2D eigenvalue weighted by Gasteiger charge is -2.18. The van der Waals surface area contributed by atoms with Crippen LogP contribution in [0.4, 0.5) is 18.9 Å². The van der Waals surface area contributed by atoms with Crippen molar-refractivity contribution in [3.63, 3.8) is 0 Å². The molecule has 0 aliphatic carbocycles. The van der Waals surface area contributed by atoms with Crippen LogP contribution in [0.15, 0.2) is 109 Å². The molecule has 0 saturated carbocycles. The molecular weight excluding hydrogens is 447 g/mol. The van der Waals surface area contributed by atoms with Crippen LogP contribution in [0, 0.1) is 6.57 Å². The fourth-order valence-corrected chi connectivity index (χ4v) is 4.11. The first-order valence-electron chi connectivity index (χ1n) is 10.8. The molecule has 0 atom stereocenters. The van der Waals surface area contributed by atoms with E-state index in [9.17, 15) is 13.2 Å². The summed E-state index contributed by atoms with van der Waals surface area (Å²) in [5, 5.41) is 0. The zero-order valence-corrected chi connectivity index (χ0v) is 18.4. The summed E-state index contributed by atoms with van der Waals surface area (Å²) in [6.45, 7) is 7.34. The SMILES string of the molecule is [C-]#[N+]c1cccc(-c2nc(C(F)(F)F)cn2-c2c(-c3ccccc3)cccc2-c2ccccc2)c1. The topological polar surface area (TPSA) is 22.2 Å². The van der Waals surface area contributed by atoms with Gasteiger partial charge in [0.2, 0.25) is 0 Å². The average molecular weight is 465 g/mol. The highest BCUT2D eigenvalue weighted by atomic mass is 19.4. The van der Waals surface area contributed by atoms with E-state index < -0.39 is 11.9 Å². The van der Waals surface area contributed by atoms with Gasteiger partial charge in [-0.3, -0.25) is 4.57 Å². The Labute approximate surface area is 200 Å². The molecule has 35 heavy (non-hydrogen) atoms. The Morgan fingerprint density at radius 1 is 0.686 bits per heavy atom. The van der Waals surface area contributed by atoms with Crippen molar-refractivity contribution in [1.29, 1.82) is 0 Å². The van der Waals surface area contributed by atoms with E-state index in [1.807, 2.05) is 78.9 Å². The Kier molecular flexibility index (Phi) is 5.68. The molecule has 0 aliphatic rings. The van der Waals surface area contributed by atoms with Gasteiger partial charge in [-0.1, -0.05) is 97.1 Å². The summed E-state index contributed by atoms with van der Waals surface area (Å²) in [7, 11) is 0. The minimum Gasteiger partial charge on any atom is -0.298 e. The maximum absolute atomic E-state index is 13.9. The predicted octanol–water partition coefficient (Wildman–Crippen LogP) is 8.44. The molecule has 0 fully saturated rings. The number of benzene rings is 4. The number of alkyl halides is 3. The Morgan fingerprint density at radius 2 is 1.23 bits per heavy atom. The van der Waals surface area contributed by atoms with Crippen molar-refractivity contribution in [2.24, 2.45) is 0 Å². The predicted molar refractivity (Wildman–Crippen MR) is 131 cm³/mol. The molecule has 0 saturated heterocycles. The fraction of sp³-hybridized carbons (Fsp3) is 0.0345. The van der Waals surface area contributed by atoms with Crippen molar-refractivity contribution in [1.82, 2.24) is 9.55 Å². The van der Waals surface area contributed by atoms with Gasteiger partial charge in [0, 0.05) is 22.9 Å². The molecule has 0 N–H and O–H groups in total. The quantitative estimate of drug-likeness (QED) is 0.244. The van der Waals surface area contributed by atoms with E-state index in [0.717, 1.165) is 28.5 Å². The number of para-hydroxylation sites is 1. The van der Waals surface area contributed by atoms with Gasteiger partial charge in [0.1, 0.15) is 5.82 Å². The largest absolute Gasteiger partial charge is 0.434 e. The molecular formula is C29H18F3N3. The van der Waals surface area contributed by atoms with Crippen LogP contribution in [0.1, 0.15) is 5.69 Å². The molecule has 3 nitrogen and oxygen atoms in total. The molecule has 5 aromatic rings. The van der Waals surface area contributed by atoms with E-state index in [4.69, 9.17) is 6.57 Å². The van der Waals surface area contributed by atoms with Gasteiger partial charge in [0.25, 0.3) is 0 Å². The second kappa shape index (κ2) is 8.96. The molecule has 0 amide bonds. The lowest BCUT2D eigenvalue weighted by Crippen LogP contribution is -2.05. The normalized spacial score (nSPS) is 11.3. The molecule has 1 heterocycles. The van der Waals surface area contributed by atoms with Crippen LogP contribution in [0.3, 0.4) is 0 Å². The van der Waals surface area contributed by atoms with Gasteiger partial charge in [0.15, 0.2) is 11.4 Å². The smallest absolute Gasteiger partial charge is 0.298 e. The Hall–Kier alpha value is -4.63. The summed E-state index contributed by atoms with van der Waals surface area (Å²) in [5.74, 6) is 0.114. The van der Waals surface area contributed by atoms with Crippen LogP contribution >= 0.6 is 0 Å². The number of aromatic nitrogens is 2. The van der Waals surface area contributed by atoms with Crippen molar-refractivity contribution in [2.75, 3.05) is 0 Å². The molecule has 1 aromatic heterocycles. The minimum atomic E-state index is -4.63. The summed E-state index contributed by atoms with van der Waals surface area (Å²) in [6.07, 6.45) is -3.60. The highest BCUT2D eigenvalue weighted by Crippen LogP contribution is 2.40. The van der Waals surface area contributed by atoms with Gasteiger partial charge < -0.3 is 0 Å². The molecule has 5 rings (SSSR count). The monoisotopic (exact) mass is 465 g/mol. The van der Waals surface area contributed by atoms with Crippen LogP contribution in [-0.2, 0) is 6.18 Å². The lowest BCUT2D eigenvalue weighted by atomic mass is 9.95. The molecule has 170 valence electrons. The number of halogens is 3. The fourth-order valence-electron chi connectivity index (χ4n) is 4.11. The highest BCUT2D eigenvalue weighted by Gasteiger charge is 2.35. The third kappa shape index (κ3) is 4.32. The molecule has 6 heteroatoms. The van der Waals surface area contributed by atoms with E-state index in [2.05, 4.69) is 9.83 Å². The molecule has 0 unspecified atom stereocenters. The molecule has 0 aliphatic heterocycles. The summed E-state index contributed by atoms with van der Waals surface area (Å²) in [6, 6.07) is 31.2. The van der Waals surface area contributed by atoms with Crippen molar-refractivity contribution in [3.05, 3.63) is 126 Å².